The molecule has 0 saturated carbocycles. The predicted molar refractivity (Wildman–Crippen MR) is 138 cm³/mol. The van der Waals surface area contributed by atoms with E-state index in [9.17, 15) is 9.59 Å². The second-order valence-corrected chi connectivity index (χ2v) is 7.90. The summed E-state index contributed by atoms with van der Waals surface area (Å²) < 4.78 is 5.83. The van der Waals surface area contributed by atoms with Crippen LogP contribution in [-0.4, -0.2) is 11.8 Å². The van der Waals surface area contributed by atoms with Crippen molar-refractivity contribution in [2.24, 2.45) is 0 Å². The van der Waals surface area contributed by atoms with Crippen LogP contribution in [0.4, 0.5) is 0 Å². The standard InChI is InChI=1S/C30H26N2O3/c33-29(19-16-23-10-7-13-28(20-23)35-27-11-5-2-6-12-27)31-21-25-14-17-26(18-15-25)30(34)32-22-24-8-3-1-4-9-24/h1-20H,21-22H2,(H,31,33)(H,32,34)/b19-16+. The zero-order valence-electron chi connectivity index (χ0n) is 19.2. The fourth-order valence-electron chi connectivity index (χ4n) is 3.38. The molecular weight excluding hydrogens is 436 g/mol. The summed E-state index contributed by atoms with van der Waals surface area (Å²) in [6, 6.07) is 34.0. The maximum Gasteiger partial charge on any atom is 0.251 e. The van der Waals surface area contributed by atoms with Crippen LogP contribution in [0.1, 0.15) is 27.0 Å². The van der Waals surface area contributed by atoms with Crippen molar-refractivity contribution in [1.82, 2.24) is 10.6 Å². The molecule has 0 atom stereocenters. The van der Waals surface area contributed by atoms with Crippen molar-refractivity contribution in [3.8, 4) is 11.5 Å². The lowest BCUT2D eigenvalue weighted by atomic mass is 10.1. The average Bonchev–Trinajstić information content (AvgIpc) is 2.91. The number of rotatable bonds is 9. The molecule has 5 heteroatoms. The molecule has 2 amide bonds. The largest absolute Gasteiger partial charge is 0.457 e. The zero-order chi connectivity index (χ0) is 24.3. The second kappa shape index (κ2) is 12.0. The van der Waals surface area contributed by atoms with Gasteiger partial charge in [0.1, 0.15) is 11.5 Å². The first kappa shape index (κ1) is 23.5. The molecule has 0 radical (unpaired) electrons. The molecule has 0 saturated heterocycles. The number of carbonyl (C=O) groups excluding carboxylic acids is 2. The normalized spacial score (nSPS) is 10.6. The van der Waals surface area contributed by atoms with E-state index in [-0.39, 0.29) is 11.8 Å². The van der Waals surface area contributed by atoms with E-state index in [4.69, 9.17) is 4.74 Å². The molecule has 0 heterocycles. The molecule has 2 N–H and O–H groups in total. The van der Waals surface area contributed by atoms with E-state index in [2.05, 4.69) is 10.6 Å². The van der Waals surface area contributed by atoms with Gasteiger partial charge in [0.15, 0.2) is 0 Å². The lowest BCUT2D eigenvalue weighted by Gasteiger charge is -2.07. The molecule has 0 aromatic heterocycles. The van der Waals surface area contributed by atoms with Gasteiger partial charge in [-0.3, -0.25) is 9.59 Å². The number of amides is 2. The van der Waals surface area contributed by atoms with Gasteiger partial charge in [-0.05, 0) is 59.2 Å². The van der Waals surface area contributed by atoms with Crippen LogP contribution in [0.15, 0.2) is 115 Å². The van der Waals surface area contributed by atoms with Crippen LogP contribution in [0.3, 0.4) is 0 Å². The Bertz CT molecular complexity index is 1280. The van der Waals surface area contributed by atoms with Crippen LogP contribution in [0.2, 0.25) is 0 Å². The Hall–Kier alpha value is -4.64. The Morgan fingerprint density at radius 3 is 2.03 bits per heavy atom. The number of hydrogen-bond acceptors (Lipinski definition) is 3. The fourth-order valence-corrected chi connectivity index (χ4v) is 3.38. The predicted octanol–water partition coefficient (Wildman–Crippen LogP) is 5.74. The Kier molecular flexibility index (Phi) is 8.06. The van der Waals surface area contributed by atoms with Gasteiger partial charge in [-0.25, -0.2) is 0 Å². The van der Waals surface area contributed by atoms with Crippen molar-refractivity contribution < 1.29 is 14.3 Å². The second-order valence-electron chi connectivity index (χ2n) is 7.90. The summed E-state index contributed by atoms with van der Waals surface area (Å²) in [5, 5.41) is 5.77. The maximum atomic E-state index is 12.3. The number of ether oxygens (including phenoxy) is 1. The molecule has 4 aromatic rings. The molecule has 4 rings (SSSR count). The molecule has 35 heavy (non-hydrogen) atoms. The van der Waals surface area contributed by atoms with E-state index < -0.39 is 0 Å². The number of nitrogens with one attached hydrogen (secondary N) is 2. The average molecular weight is 463 g/mol. The third-order valence-corrected chi connectivity index (χ3v) is 5.24. The van der Waals surface area contributed by atoms with E-state index in [1.807, 2.05) is 97.1 Å². The van der Waals surface area contributed by atoms with E-state index >= 15 is 0 Å². The van der Waals surface area contributed by atoms with Crippen LogP contribution in [0, 0.1) is 0 Å². The summed E-state index contributed by atoms with van der Waals surface area (Å²) in [7, 11) is 0. The van der Waals surface area contributed by atoms with Crippen molar-refractivity contribution in [1.29, 1.82) is 0 Å². The third kappa shape index (κ3) is 7.44. The highest BCUT2D eigenvalue weighted by Crippen LogP contribution is 2.22. The van der Waals surface area contributed by atoms with Crippen molar-refractivity contribution >= 4 is 17.9 Å². The van der Waals surface area contributed by atoms with Crippen LogP contribution in [-0.2, 0) is 17.9 Å². The van der Waals surface area contributed by atoms with Crippen LogP contribution < -0.4 is 15.4 Å². The first-order valence-electron chi connectivity index (χ1n) is 11.4. The first-order chi connectivity index (χ1) is 17.2. The molecule has 0 aliphatic carbocycles. The lowest BCUT2D eigenvalue weighted by molar-refractivity contribution is -0.116. The molecule has 0 bridgehead atoms. The molecule has 0 unspecified atom stereocenters. The zero-order valence-corrected chi connectivity index (χ0v) is 19.2. The molecule has 0 spiro atoms. The van der Waals surface area contributed by atoms with Crippen molar-refractivity contribution in [3.05, 3.63) is 138 Å². The SMILES string of the molecule is O=C(/C=C/c1cccc(Oc2ccccc2)c1)NCc1ccc(C(=O)NCc2ccccc2)cc1. The molecule has 174 valence electrons. The minimum atomic E-state index is -0.205. The molecule has 5 nitrogen and oxygen atoms in total. The first-order valence-corrected chi connectivity index (χ1v) is 11.4. The molecular formula is C30H26N2O3. The van der Waals surface area contributed by atoms with Gasteiger partial charge >= 0.3 is 0 Å². The number of hydrogen-bond donors (Lipinski definition) is 2. The van der Waals surface area contributed by atoms with Crippen molar-refractivity contribution in [3.63, 3.8) is 0 Å². The highest BCUT2D eigenvalue weighted by atomic mass is 16.5. The minimum Gasteiger partial charge on any atom is -0.457 e. The highest BCUT2D eigenvalue weighted by molar-refractivity contribution is 5.94. The number of carbonyl (C=O) groups is 2. The Labute approximate surface area is 205 Å². The Balaban J connectivity index is 1.25. The van der Waals surface area contributed by atoms with Gasteiger partial charge in [0, 0.05) is 24.7 Å². The van der Waals surface area contributed by atoms with E-state index in [1.54, 1.807) is 18.2 Å². The summed E-state index contributed by atoms with van der Waals surface area (Å²) in [5.41, 5.74) is 3.39. The molecule has 0 aliphatic heterocycles. The summed E-state index contributed by atoms with van der Waals surface area (Å²) in [6.45, 7) is 0.845. The van der Waals surface area contributed by atoms with Gasteiger partial charge in [0.25, 0.3) is 5.91 Å². The topological polar surface area (TPSA) is 67.4 Å². The smallest absolute Gasteiger partial charge is 0.251 e. The van der Waals surface area contributed by atoms with Crippen LogP contribution >= 0.6 is 0 Å². The Morgan fingerprint density at radius 2 is 1.29 bits per heavy atom. The number of para-hydroxylation sites is 1. The minimum absolute atomic E-state index is 0.133. The van der Waals surface area contributed by atoms with Gasteiger partial charge in [-0.15, -0.1) is 0 Å². The maximum absolute atomic E-state index is 12.3. The molecule has 0 aliphatic rings. The Morgan fingerprint density at radius 1 is 0.657 bits per heavy atom. The summed E-state index contributed by atoms with van der Waals surface area (Å²) in [4.78, 5) is 24.6. The quantitative estimate of drug-likeness (QED) is 0.312. The van der Waals surface area contributed by atoms with Gasteiger partial charge in [-0.1, -0.05) is 72.8 Å². The van der Waals surface area contributed by atoms with Crippen LogP contribution in [0.25, 0.3) is 6.08 Å². The van der Waals surface area contributed by atoms with E-state index in [0.29, 0.717) is 24.4 Å². The highest BCUT2D eigenvalue weighted by Gasteiger charge is 2.06. The van der Waals surface area contributed by atoms with Crippen LogP contribution in [0.5, 0.6) is 11.5 Å². The van der Waals surface area contributed by atoms with E-state index in [0.717, 1.165) is 22.4 Å². The fraction of sp³-hybridized carbons (Fsp3) is 0.0667. The molecule has 4 aromatic carbocycles. The summed E-state index contributed by atoms with van der Waals surface area (Å²) in [5.74, 6) is 1.12. The monoisotopic (exact) mass is 462 g/mol. The molecule has 0 fully saturated rings. The summed E-state index contributed by atoms with van der Waals surface area (Å²) >= 11 is 0. The van der Waals surface area contributed by atoms with Crippen molar-refractivity contribution in [2.75, 3.05) is 0 Å². The van der Waals surface area contributed by atoms with Gasteiger partial charge in [-0.2, -0.15) is 0 Å². The number of benzene rings is 4. The lowest BCUT2D eigenvalue weighted by Crippen LogP contribution is -2.23. The summed E-state index contributed by atoms with van der Waals surface area (Å²) in [6.07, 6.45) is 3.24. The van der Waals surface area contributed by atoms with Gasteiger partial charge in [0.2, 0.25) is 5.91 Å². The van der Waals surface area contributed by atoms with Gasteiger partial charge < -0.3 is 15.4 Å². The van der Waals surface area contributed by atoms with Gasteiger partial charge in [0.05, 0.1) is 0 Å². The third-order valence-electron chi connectivity index (χ3n) is 5.24. The van der Waals surface area contributed by atoms with Crippen molar-refractivity contribution in [2.45, 2.75) is 13.1 Å². The van der Waals surface area contributed by atoms with E-state index in [1.165, 1.54) is 6.08 Å².